The Morgan fingerprint density at radius 3 is 1.57 bits per heavy atom. The molecule has 3 unspecified atom stereocenters. The molecule has 0 aromatic carbocycles. The van der Waals surface area contributed by atoms with Crippen LogP contribution in [0.3, 0.4) is 0 Å². The van der Waals surface area contributed by atoms with Crippen LogP contribution in [0.2, 0.25) is 0 Å². The molecule has 162 valence electrons. The van der Waals surface area contributed by atoms with Gasteiger partial charge in [-0.1, -0.05) is 65.2 Å². The van der Waals surface area contributed by atoms with Crippen molar-refractivity contribution in [1.29, 1.82) is 0 Å². The minimum Gasteiger partial charge on any atom is -0.481 e. The van der Waals surface area contributed by atoms with E-state index < -0.39 is 23.3 Å². The summed E-state index contributed by atoms with van der Waals surface area (Å²) in [6, 6.07) is 0. The van der Waals surface area contributed by atoms with Crippen LogP contribution >= 0.6 is 0 Å². The quantitative estimate of drug-likeness (QED) is 0.267. The zero-order chi connectivity index (χ0) is 21.7. The van der Waals surface area contributed by atoms with Gasteiger partial charge in [-0.3, -0.25) is 19.2 Å². The lowest BCUT2D eigenvalue weighted by Crippen LogP contribution is -2.44. The molecule has 0 rings (SSSR count). The summed E-state index contributed by atoms with van der Waals surface area (Å²) in [6.45, 7) is 6.44. The van der Waals surface area contributed by atoms with Crippen molar-refractivity contribution in [1.82, 2.24) is 0 Å². The third-order valence-electron chi connectivity index (χ3n) is 6.09. The van der Waals surface area contributed by atoms with Crippen molar-refractivity contribution in [2.45, 2.75) is 98.3 Å². The van der Waals surface area contributed by atoms with Gasteiger partial charge < -0.3 is 10.2 Å². The van der Waals surface area contributed by atoms with Gasteiger partial charge in [-0.25, -0.2) is 0 Å². The molecular weight excluding hydrogens is 360 g/mol. The van der Waals surface area contributed by atoms with Crippen LogP contribution in [0.5, 0.6) is 0 Å². The summed E-state index contributed by atoms with van der Waals surface area (Å²) in [5.41, 5.74) is -1.26. The van der Waals surface area contributed by atoms with Gasteiger partial charge in [-0.2, -0.15) is 0 Å². The number of rotatable bonds is 17. The summed E-state index contributed by atoms with van der Waals surface area (Å²) in [5, 5.41) is 18.6. The molecule has 0 aliphatic heterocycles. The number of unbranched alkanes of at least 4 members (excludes halogenated alkanes) is 6. The highest BCUT2D eigenvalue weighted by atomic mass is 16.4. The second-order valence-electron chi connectivity index (χ2n) is 7.85. The van der Waals surface area contributed by atoms with E-state index in [2.05, 4.69) is 0 Å². The van der Waals surface area contributed by atoms with Crippen molar-refractivity contribution >= 4 is 23.5 Å². The standard InChI is InChI=1S/C22H38O6/c1-5-18(22(6-2,17(4)24)21(27)28)14-12-10-8-7-9-11-13-15-19(16(3)23)20(25)26/h18-19H,5-15H2,1-4H3,(H,25,26)(H,27,28). The fourth-order valence-electron chi connectivity index (χ4n) is 4.22. The Morgan fingerprint density at radius 1 is 0.786 bits per heavy atom. The average molecular weight is 399 g/mol. The van der Waals surface area contributed by atoms with E-state index in [0.717, 1.165) is 51.4 Å². The van der Waals surface area contributed by atoms with Crippen LogP contribution in [0.15, 0.2) is 0 Å². The van der Waals surface area contributed by atoms with Gasteiger partial charge in [0.15, 0.2) is 0 Å². The number of ketones is 2. The van der Waals surface area contributed by atoms with E-state index in [9.17, 15) is 24.3 Å². The topological polar surface area (TPSA) is 109 Å². The average Bonchev–Trinajstić information content (AvgIpc) is 2.61. The number of carbonyl (C=O) groups is 4. The third kappa shape index (κ3) is 7.72. The molecule has 0 heterocycles. The first kappa shape index (κ1) is 26.3. The predicted octanol–water partition coefficient (Wildman–Crippen LogP) is 4.88. The first-order valence-electron chi connectivity index (χ1n) is 10.6. The van der Waals surface area contributed by atoms with Crippen molar-refractivity contribution in [2.24, 2.45) is 17.3 Å². The Labute approximate surface area is 169 Å². The van der Waals surface area contributed by atoms with E-state index in [4.69, 9.17) is 5.11 Å². The van der Waals surface area contributed by atoms with Crippen molar-refractivity contribution < 1.29 is 29.4 Å². The molecule has 0 saturated carbocycles. The molecule has 28 heavy (non-hydrogen) atoms. The second-order valence-corrected chi connectivity index (χ2v) is 7.85. The molecule has 0 saturated heterocycles. The van der Waals surface area contributed by atoms with E-state index in [-0.39, 0.29) is 17.5 Å². The monoisotopic (exact) mass is 398 g/mol. The molecular formula is C22H38O6. The maximum absolute atomic E-state index is 12.1. The Morgan fingerprint density at radius 2 is 1.25 bits per heavy atom. The van der Waals surface area contributed by atoms with Gasteiger partial charge in [0, 0.05) is 0 Å². The van der Waals surface area contributed by atoms with Crippen LogP contribution in [0.4, 0.5) is 0 Å². The summed E-state index contributed by atoms with van der Waals surface area (Å²) in [7, 11) is 0. The molecule has 0 amide bonds. The van der Waals surface area contributed by atoms with E-state index in [0.29, 0.717) is 19.3 Å². The third-order valence-corrected chi connectivity index (χ3v) is 6.09. The van der Waals surface area contributed by atoms with E-state index in [1.165, 1.54) is 13.8 Å². The molecule has 0 aliphatic carbocycles. The van der Waals surface area contributed by atoms with Crippen LogP contribution in [0.1, 0.15) is 98.3 Å². The molecule has 0 spiro atoms. The van der Waals surface area contributed by atoms with Gasteiger partial charge >= 0.3 is 11.9 Å². The molecule has 6 nitrogen and oxygen atoms in total. The van der Waals surface area contributed by atoms with Gasteiger partial charge in [0.1, 0.15) is 22.9 Å². The Kier molecular flexibility index (Phi) is 12.6. The van der Waals surface area contributed by atoms with Gasteiger partial charge in [0.05, 0.1) is 0 Å². The van der Waals surface area contributed by atoms with E-state index in [1.54, 1.807) is 6.92 Å². The van der Waals surface area contributed by atoms with Gasteiger partial charge in [-0.15, -0.1) is 0 Å². The molecule has 0 aliphatic rings. The largest absolute Gasteiger partial charge is 0.481 e. The SMILES string of the molecule is CCC(CCCCCCCCCC(C(C)=O)C(=O)O)C(CC)(C(C)=O)C(=O)O. The molecule has 2 N–H and O–H groups in total. The molecule has 0 fully saturated rings. The normalized spacial score (nSPS) is 15.4. The van der Waals surface area contributed by atoms with Gasteiger partial charge in [-0.05, 0) is 39.0 Å². The highest BCUT2D eigenvalue weighted by molar-refractivity contribution is 6.02. The lowest BCUT2D eigenvalue weighted by Gasteiger charge is -2.34. The zero-order valence-electron chi connectivity index (χ0n) is 18.0. The molecule has 0 bridgehead atoms. The Balaban J connectivity index is 4.15. The first-order valence-corrected chi connectivity index (χ1v) is 10.6. The lowest BCUT2D eigenvalue weighted by molar-refractivity contribution is -0.159. The summed E-state index contributed by atoms with van der Waals surface area (Å²) in [4.78, 5) is 46.0. The molecule has 3 atom stereocenters. The van der Waals surface area contributed by atoms with Crippen LogP contribution in [-0.4, -0.2) is 33.7 Å². The maximum Gasteiger partial charge on any atom is 0.317 e. The van der Waals surface area contributed by atoms with Crippen LogP contribution in [0, 0.1) is 17.3 Å². The summed E-state index contributed by atoms with van der Waals surface area (Å²) < 4.78 is 0. The Hall–Kier alpha value is -1.72. The van der Waals surface area contributed by atoms with Crippen molar-refractivity contribution in [3.05, 3.63) is 0 Å². The van der Waals surface area contributed by atoms with Crippen molar-refractivity contribution in [3.8, 4) is 0 Å². The van der Waals surface area contributed by atoms with Gasteiger partial charge in [0.25, 0.3) is 0 Å². The second kappa shape index (κ2) is 13.5. The van der Waals surface area contributed by atoms with Crippen molar-refractivity contribution in [2.75, 3.05) is 0 Å². The van der Waals surface area contributed by atoms with Crippen molar-refractivity contribution in [3.63, 3.8) is 0 Å². The van der Waals surface area contributed by atoms with E-state index in [1.807, 2.05) is 6.92 Å². The minimum atomic E-state index is -1.26. The maximum atomic E-state index is 12.1. The molecule has 0 aromatic heterocycles. The fourth-order valence-corrected chi connectivity index (χ4v) is 4.22. The number of hydrogen-bond acceptors (Lipinski definition) is 4. The molecule has 6 heteroatoms. The highest BCUT2D eigenvalue weighted by Gasteiger charge is 2.47. The Bertz CT molecular complexity index is 497. The summed E-state index contributed by atoms with van der Waals surface area (Å²) in [6.07, 6.45) is 8.80. The highest BCUT2D eigenvalue weighted by Crippen LogP contribution is 2.39. The number of carboxylic acid groups (broad SMARTS) is 2. The van der Waals surface area contributed by atoms with E-state index >= 15 is 0 Å². The zero-order valence-corrected chi connectivity index (χ0v) is 18.0. The fraction of sp³-hybridized carbons (Fsp3) is 0.818. The minimum absolute atomic E-state index is 0.132. The lowest BCUT2D eigenvalue weighted by atomic mass is 9.67. The van der Waals surface area contributed by atoms with Crippen LogP contribution in [0.25, 0.3) is 0 Å². The van der Waals surface area contributed by atoms with Crippen LogP contribution in [-0.2, 0) is 19.2 Å². The first-order chi connectivity index (χ1) is 13.1. The number of carbonyl (C=O) groups excluding carboxylic acids is 2. The smallest absolute Gasteiger partial charge is 0.317 e. The number of hydrogen-bond donors (Lipinski definition) is 2. The summed E-state index contributed by atoms with van der Waals surface area (Å²) in [5.74, 6) is -3.58. The number of Topliss-reactive ketones (excluding diaryl/α,β-unsaturated/α-hetero) is 2. The number of aliphatic carboxylic acids is 2. The van der Waals surface area contributed by atoms with Crippen LogP contribution < -0.4 is 0 Å². The molecule has 0 radical (unpaired) electrons. The summed E-state index contributed by atoms with van der Waals surface area (Å²) >= 11 is 0. The predicted molar refractivity (Wildman–Crippen MR) is 108 cm³/mol. The number of carboxylic acids is 2. The van der Waals surface area contributed by atoms with Gasteiger partial charge in [0.2, 0.25) is 0 Å². The molecule has 0 aromatic rings.